The molecule has 18 heavy (non-hydrogen) atoms. The van der Waals surface area contributed by atoms with Crippen LogP contribution in [0.2, 0.25) is 0 Å². The second-order valence-corrected chi connectivity index (χ2v) is 5.25. The lowest BCUT2D eigenvalue weighted by Crippen LogP contribution is -2.44. The lowest BCUT2D eigenvalue weighted by atomic mass is 9.99. The molecule has 0 bridgehead atoms. The Hall–Kier alpha value is -1.31. The Labute approximate surface area is 108 Å². The molecule has 2 aliphatic heterocycles. The summed E-state index contributed by atoms with van der Waals surface area (Å²) in [5.41, 5.74) is 0. The molecule has 2 aliphatic rings. The second-order valence-electron chi connectivity index (χ2n) is 5.25. The van der Waals surface area contributed by atoms with Gasteiger partial charge >= 0.3 is 0 Å². The Kier molecular flexibility index (Phi) is 3.35. The number of fused-ring (bicyclic) bond motifs is 1. The molecule has 3 rings (SSSR count). The van der Waals surface area contributed by atoms with Gasteiger partial charge in [-0.3, -0.25) is 4.90 Å². The van der Waals surface area contributed by atoms with Crippen molar-refractivity contribution < 1.29 is 4.42 Å². The summed E-state index contributed by atoms with van der Waals surface area (Å²) in [7, 11) is 0. The van der Waals surface area contributed by atoms with Crippen LogP contribution in [0.3, 0.4) is 0 Å². The van der Waals surface area contributed by atoms with Crippen molar-refractivity contribution in [2.75, 3.05) is 13.1 Å². The fourth-order valence-electron chi connectivity index (χ4n) is 3.25. The van der Waals surface area contributed by atoms with Crippen molar-refractivity contribution in [1.29, 1.82) is 5.26 Å². The molecule has 0 aromatic carbocycles. The van der Waals surface area contributed by atoms with E-state index >= 15 is 0 Å². The van der Waals surface area contributed by atoms with Crippen LogP contribution in [0.4, 0.5) is 0 Å². The minimum atomic E-state index is 0.400. The molecule has 2 atom stereocenters. The number of nitrogens with zero attached hydrogens (tertiary/aromatic N) is 2. The van der Waals surface area contributed by atoms with Crippen molar-refractivity contribution >= 4 is 0 Å². The normalized spacial score (nSPS) is 27.9. The molecule has 1 aromatic rings. The standard InChI is InChI=1S/C14H19N3O/c15-9-11-4-5-12(18-11)10-16-13-6-8-17-7-2-1-3-14(13)17/h4-5,13-14,16H,1-3,6-8,10H2. The smallest absolute Gasteiger partial charge is 0.203 e. The summed E-state index contributed by atoms with van der Waals surface area (Å²) in [4.78, 5) is 2.62. The molecule has 96 valence electrons. The molecule has 1 aromatic heterocycles. The molecule has 0 spiro atoms. The predicted octanol–water partition coefficient (Wildman–Crippen LogP) is 1.87. The first-order valence-electron chi connectivity index (χ1n) is 6.83. The maximum absolute atomic E-state index is 8.71. The molecule has 1 N–H and O–H groups in total. The van der Waals surface area contributed by atoms with Gasteiger partial charge in [0.2, 0.25) is 5.76 Å². The van der Waals surface area contributed by atoms with Crippen LogP contribution in [-0.2, 0) is 6.54 Å². The first kappa shape index (κ1) is 11.8. The number of hydrogen-bond donors (Lipinski definition) is 1. The highest BCUT2D eigenvalue weighted by Crippen LogP contribution is 2.27. The van der Waals surface area contributed by atoms with Gasteiger partial charge in [-0.1, -0.05) is 6.42 Å². The molecule has 3 heterocycles. The van der Waals surface area contributed by atoms with E-state index in [1.807, 2.05) is 12.1 Å². The minimum Gasteiger partial charge on any atom is -0.449 e. The van der Waals surface area contributed by atoms with E-state index < -0.39 is 0 Å². The summed E-state index contributed by atoms with van der Waals surface area (Å²) in [6, 6.07) is 6.94. The molecule has 0 amide bonds. The van der Waals surface area contributed by atoms with Crippen molar-refractivity contribution in [3.05, 3.63) is 23.7 Å². The van der Waals surface area contributed by atoms with Gasteiger partial charge in [0.25, 0.3) is 0 Å². The molecule has 4 nitrogen and oxygen atoms in total. The van der Waals surface area contributed by atoms with Crippen LogP contribution >= 0.6 is 0 Å². The van der Waals surface area contributed by atoms with Crippen molar-refractivity contribution in [2.24, 2.45) is 0 Å². The maximum atomic E-state index is 8.71. The van der Waals surface area contributed by atoms with E-state index in [-0.39, 0.29) is 0 Å². The lowest BCUT2D eigenvalue weighted by molar-refractivity contribution is 0.179. The van der Waals surface area contributed by atoms with Crippen LogP contribution in [0.25, 0.3) is 0 Å². The molecule has 0 aliphatic carbocycles. The van der Waals surface area contributed by atoms with Crippen LogP contribution < -0.4 is 5.32 Å². The van der Waals surface area contributed by atoms with Gasteiger partial charge < -0.3 is 9.73 Å². The number of nitriles is 1. The van der Waals surface area contributed by atoms with Crippen molar-refractivity contribution in [3.63, 3.8) is 0 Å². The van der Waals surface area contributed by atoms with Crippen molar-refractivity contribution in [1.82, 2.24) is 10.2 Å². The largest absolute Gasteiger partial charge is 0.449 e. The number of rotatable bonds is 3. The molecule has 2 saturated heterocycles. The highest BCUT2D eigenvalue weighted by Gasteiger charge is 2.34. The first-order chi connectivity index (χ1) is 8.86. The second kappa shape index (κ2) is 5.13. The van der Waals surface area contributed by atoms with Crippen LogP contribution in [0.5, 0.6) is 0 Å². The molecule has 4 heteroatoms. The summed E-state index contributed by atoms with van der Waals surface area (Å²) in [5, 5.41) is 12.3. The van der Waals surface area contributed by atoms with Crippen LogP contribution in [0.1, 0.15) is 37.2 Å². The van der Waals surface area contributed by atoms with Gasteiger partial charge in [-0.05, 0) is 37.9 Å². The number of hydrogen-bond acceptors (Lipinski definition) is 4. The average Bonchev–Trinajstić information content (AvgIpc) is 3.03. The molecule has 2 unspecified atom stereocenters. The SMILES string of the molecule is N#Cc1ccc(CNC2CCN3CCCCC23)o1. The van der Waals surface area contributed by atoms with Gasteiger partial charge in [0.05, 0.1) is 6.54 Å². The minimum absolute atomic E-state index is 0.400. The van der Waals surface area contributed by atoms with E-state index in [1.54, 1.807) is 6.07 Å². The first-order valence-corrected chi connectivity index (χ1v) is 6.83. The monoisotopic (exact) mass is 245 g/mol. The van der Waals surface area contributed by atoms with Crippen LogP contribution in [0.15, 0.2) is 16.5 Å². The zero-order valence-electron chi connectivity index (χ0n) is 10.6. The van der Waals surface area contributed by atoms with Crippen LogP contribution in [0, 0.1) is 11.3 Å². The summed E-state index contributed by atoms with van der Waals surface area (Å²) < 4.78 is 5.39. The third kappa shape index (κ3) is 2.29. The van der Waals surface area contributed by atoms with Gasteiger partial charge in [-0.2, -0.15) is 5.26 Å². The molecule has 0 saturated carbocycles. The predicted molar refractivity (Wildman–Crippen MR) is 67.9 cm³/mol. The quantitative estimate of drug-likeness (QED) is 0.883. The van der Waals surface area contributed by atoms with E-state index in [0.29, 0.717) is 17.8 Å². The number of nitrogens with one attached hydrogen (secondary N) is 1. The van der Waals surface area contributed by atoms with Gasteiger partial charge in [0, 0.05) is 18.6 Å². The fraction of sp³-hybridized carbons (Fsp3) is 0.643. The third-order valence-electron chi connectivity index (χ3n) is 4.17. The van der Waals surface area contributed by atoms with E-state index in [4.69, 9.17) is 9.68 Å². The molecular formula is C14H19N3O. The van der Waals surface area contributed by atoms with Crippen molar-refractivity contribution in [3.8, 4) is 6.07 Å². The Morgan fingerprint density at radius 1 is 1.33 bits per heavy atom. The average molecular weight is 245 g/mol. The number of piperidine rings is 1. The van der Waals surface area contributed by atoms with E-state index in [2.05, 4.69) is 10.2 Å². The van der Waals surface area contributed by atoms with E-state index in [0.717, 1.165) is 12.3 Å². The molecule has 0 radical (unpaired) electrons. The number of furan rings is 1. The van der Waals surface area contributed by atoms with Gasteiger partial charge in [0.15, 0.2) is 0 Å². The maximum Gasteiger partial charge on any atom is 0.203 e. The summed E-state index contributed by atoms with van der Waals surface area (Å²) in [6.45, 7) is 3.22. The third-order valence-corrected chi connectivity index (χ3v) is 4.17. The van der Waals surface area contributed by atoms with Gasteiger partial charge in [0.1, 0.15) is 11.8 Å². The molecular weight excluding hydrogens is 226 g/mol. The zero-order chi connectivity index (χ0) is 12.4. The Morgan fingerprint density at radius 2 is 2.28 bits per heavy atom. The highest BCUT2D eigenvalue weighted by molar-refractivity contribution is 5.19. The van der Waals surface area contributed by atoms with Gasteiger partial charge in [-0.25, -0.2) is 0 Å². The topological polar surface area (TPSA) is 52.2 Å². The lowest BCUT2D eigenvalue weighted by Gasteiger charge is -2.32. The Morgan fingerprint density at radius 3 is 3.11 bits per heavy atom. The van der Waals surface area contributed by atoms with E-state index in [1.165, 1.54) is 38.8 Å². The van der Waals surface area contributed by atoms with Crippen LogP contribution in [-0.4, -0.2) is 30.1 Å². The Balaban J connectivity index is 1.55. The zero-order valence-corrected chi connectivity index (χ0v) is 10.6. The van der Waals surface area contributed by atoms with Crippen molar-refractivity contribution in [2.45, 2.75) is 44.3 Å². The summed E-state index contributed by atoms with van der Waals surface area (Å²) >= 11 is 0. The fourth-order valence-corrected chi connectivity index (χ4v) is 3.25. The summed E-state index contributed by atoms with van der Waals surface area (Å²) in [6.07, 6.45) is 5.27. The highest BCUT2D eigenvalue weighted by atomic mass is 16.3. The Bertz CT molecular complexity index is 448. The summed E-state index contributed by atoms with van der Waals surface area (Å²) in [5.74, 6) is 1.26. The van der Waals surface area contributed by atoms with Gasteiger partial charge in [-0.15, -0.1) is 0 Å². The van der Waals surface area contributed by atoms with E-state index in [9.17, 15) is 0 Å². The molecule has 2 fully saturated rings.